The summed E-state index contributed by atoms with van der Waals surface area (Å²) >= 11 is 0. The third-order valence-corrected chi connectivity index (χ3v) is 3.34. The minimum atomic E-state index is -0.177. The van der Waals surface area contributed by atoms with Gasteiger partial charge in [-0.15, -0.1) is 0 Å². The average molecular weight is 287 g/mol. The van der Waals surface area contributed by atoms with E-state index in [2.05, 4.69) is 0 Å². The first-order chi connectivity index (χ1) is 10.1. The van der Waals surface area contributed by atoms with Crippen LogP contribution in [-0.4, -0.2) is 20.8 Å². The van der Waals surface area contributed by atoms with Gasteiger partial charge in [0.25, 0.3) is 0 Å². The van der Waals surface area contributed by atoms with E-state index >= 15 is 0 Å². The third kappa shape index (κ3) is 3.89. The Morgan fingerprint density at radius 2 is 1.52 bits per heavy atom. The zero-order chi connectivity index (χ0) is 15.2. The zero-order valence-corrected chi connectivity index (χ0v) is 12.6. The number of benzene rings is 2. The van der Waals surface area contributed by atoms with Crippen molar-refractivity contribution in [1.82, 2.24) is 0 Å². The molecule has 0 spiro atoms. The van der Waals surface area contributed by atoms with E-state index in [9.17, 15) is 0 Å². The topological polar surface area (TPSA) is 53.7 Å². The van der Waals surface area contributed by atoms with E-state index in [1.807, 2.05) is 43.3 Å². The van der Waals surface area contributed by atoms with Gasteiger partial charge in [0.2, 0.25) is 0 Å². The number of ether oxygens (including phenoxy) is 3. The van der Waals surface area contributed by atoms with Crippen molar-refractivity contribution in [1.29, 1.82) is 0 Å². The molecule has 0 aliphatic carbocycles. The zero-order valence-electron chi connectivity index (χ0n) is 12.6. The molecule has 0 fully saturated rings. The van der Waals surface area contributed by atoms with E-state index in [1.165, 1.54) is 0 Å². The maximum Gasteiger partial charge on any atom is 0.126 e. The molecule has 4 heteroatoms. The lowest BCUT2D eigenvalue weighted by Gasteiger charge is -2.16. The molecule has 0 heterocycles. The monoisotopic (exact) mass is 287 g/mol. The molecule has 2 aromatic rings. The van der Waals surface area contributed by atoms with E-state index in [1.54, 1.807) is 20.3 Å². The number of hydrogen-bond donors (Lipinski definition) is 1. The minimum absolute atomic E-state index is 0.177. The summed E-state index contributed by atoms with van der Waals surface area (Å²) in [6.07, 6.45) is 0. The van der Waals surface area contributed by atoms with E-state index in [-0.39, 0.29) is 6.04 Å². The maximum atomic E-state index is 6.20. The second-order valence-corrected chi connectivity index (χ2v) is 4.82. The summed E-state index contributed by atoms with van der Waals surface area (Å²) in [5, 5.41) is 0. The summed E-state index contributed by atoms with van der Waals surface area (Å²) in [5.41, 5.74) is 8.45. The number of nitrogens with two attached hydrogens (primary N) is 1. The molecular formula is C17H21NO3. The molecule has 21 heavy (non-hydrogen) atoms. The first-order valence-corrected chi connectivity index (χ1v) is 6.81. The van der Waals surface area contributed by atoms with Gasteiger partial charge in [0.1, 0.15) is 23.9 Å². The molecule has 2 aromatic carbocycles. The predicted octanol–water partition coefficient (Wildman–Crippen LogP) is 3.09. The van der Waals surface area contributed by atoms with Crippen LogP contribution in [0, 0.1) is 6.92 Å². The minimum Gasteiger partial charge on any atom is -0.496 e. The van der Waals surface area contributed by atoms with Crippen LogP contribution in [0.15, 0.2) is 42.5 Å². The number of methoxy groups -OCH3 is 2. The van der Waals surface area contributed by atoms with Gasteiger partial charge in [0.05, 0.1) is 20.3 Å². The average Bonchev–Trinajstić information content (AvgIpc) is 2.52. The van der Waals surface area contributed by atoms with Crippen molar-refractivity contribution in [2.45, 2.75) is 13.0 Å². The second-order valence-electron chi connectivity index (χ2n) is 4.82. The number of rotatable bonds is 6. The Labute approximate surface area is 125 Å². The Bertz CT molecular complexity index is 576. The molecular weight excluding hydrogens is 266 g/mol. The van der Waals surface area contributed by atoms with Gasteiger partial charge >= 0.3 is 0 Å². The Morgan fingerprint density at radius 3 is 2.10 bits per heavy atom. The number of aryl methyl sites for hydroxylation is 1. The van der Waals surface area contributed by atoms with Crippen LogP contribution in [0.4, 0.5) is 0 Å². The van der Waals surface area contributed by atoms with Crippen LogP contribution in [0.2, 0.25) is 0 Å². The van der Waals surface area contributed by atoms with Gasteiger partial charge in [0, 0.05) is 18.2 Å². The first kappa shape index (κ1) is 15.2. The molecule has 0 amide bonds. The summed E-state index contributed by atoms with van der Waals surface area (Å²) < 4.78 is 16.2. The van der Waals surface area contributed by atoms with Gasteiger partial charge in [-0.1, -0.05) is 24.3 Å². The fourth-order valence-electron chi connectivity index (χ4n) is 2.14. The van der Waals surface area contributed by atoms with Crippen LogP contribution in [-0.2, 0) is 0 Å². The molecule has 112 valence electrons. The van der Waals surface area contributed by atoms with Crippen LogP contribution in [0.1, 0.15) is 17.2 Å². The summed E-state index contributed by atoms with van der Waals surface area (Å²) in [7, 11) is 3.22. The molecule has 0 aliphatic heterocycles. The Balaban J connectivity index is 2.07. The van der Waals surface area contributed by atoms with Gasteiger partial charge < -0.3 is 19.9 Å². The van der Waals surface area contributed by atoms with Crippen molar-refractivity contribution in [3.8, 4) is 17.2 Å². The molecule has 0 aliphatic rings. The van der Waals surface area contributed by atoms with Crippen molar-refractivity contribution in [2.75, 3.05) is 20.8 Å². The molecule has 0 saturated heterocycles. The fourth-order valence-corrected chi connectivity index (χ4v) is 2.14. The largest absolute Gasteiger partial charge is 0.496 e. The number of hydrogen-bond acceptors (Lipinski definition) is 4. The lowest BCUT2D eigenvalue weighted by molar-refractivity contribution is 0.286. The maximum absolute atomic E-state index is 6.20. The quantitative estimate of drug-likeness (QED) is 0.887. The molecule has 0 bridgehead atoms. The van der Waals surface area contributed by atoms with Crippen LogP contribution >= 0.6 is 0 Å². The van der Waals surface area contributed by atoms with Gasteiger partial charge in [-0.2, -0.15) is 0 Å². The molecule has 2 rings (SSSR count). The summed E-state index contributed by atoms with van der Waals surface area (Å²) in [4.78, 5) is 0. The Kier molecular flexibility index (Phi) is 5.06. The summed E-state index contributed by atoms with van der Waals surface area (Å²) in [6.45, 7) is 2.44. The normalized spacial score (nSPS) is 11.8. The highest BCUT2D eigenvalue weighted by molar-refractivity contribution is 5.42. The smallest absolute Gasteiger partial charge is 0.126 e. The summed E-state index contributed by atoms with van der Waals surface area (Å²) in [6, 6.07) is 13.3. The van der Waals surface area contributed by atoms with E-state index in [0.717, 1.165) is 11.1 Å². The highest BCUT2D eigenvalue weighted by Gasteiger charge is 2.10. The van der Waals surface area contributed by atoms with Gasteiger partial charge in [-0.05, 0) is 18.1 Å². The van der Waals surface area contributed by atoms with E-state index < -0.39 is 0 Å². The standard InChI is InChI=1S/C17H21NO3/c1-12-6-4-5-7-16(12)17(18)11-21-15-9-13(19-2)8-14(10-15)20-3/h4-10,17H,11,18H2,1-3H3. The van der Waals surface area contributed by atoms with Crippen LogP contribution in [0.5, 0.6) is 17.2 Å². The fraction of sp³-hybridized carbons (Fsp3) is 0.294. The molecule has 0 saturated carbocycles. The van der Waals surface area contributed by atoms with Gasteiger partial charge in [0.15, 0.2) is 0 Å². The highest BCUT2D eigenvalue weighted by Crippen LogP contribution is 2.28. The van der Waals surface area contributed by atoms with Gasteiger partial charge in [-0.3, -0.25) is 0 Å². The molecule has 0 aromatic heterocycles. The second kappa shape index (κ2) is 6.99. The van der Waals surface area contributed by atoms with Crippen molar-refractivity contribution >= 4 is 0 Å². The van der Waals surface area contributed by atoms with Crippen LogP contribution in [0.25, 0.3) is 0 Å². The lowest BCUT2D eigenvalue weighted by atomic mass is 10.0. The molecule has 2 N–H and O–H groups in total. The Hall–Kier alpha value is -2.20. The lowest BCUT2D eigenvalue weighted by Crippen LogP contribution is -2.20. The predicted molar refractivity (Wildman–Crippen MR) is 83.1 cm³/mol. The van der Waals surface area contributed by atoms with Crippen LogP contribution < -0.4 is 19.9 Å². The molecule has 4 nitrogen and oxygen atoms in total. The third-order valence-electron chi connectivity index (χ3n) is 3.34. The first-order valence-electron chi connectivity index (χ1n) is 6.81. The van der Waals surface area contributed by atoms with E-state index in [4.69, 9.17) is 19.9 Å². The van der Waals surface area contributed by atoms with E-state index in [0.29, 0.717) is 23.9 Å². The summed E-state index contributed by atoms with van der Waals surface area (Å²) in [5.74, 6) is 2.05. The van der Waals surface area contributed by atoms with Gasteiger partial charge in [-0.25, -0.2) is 0 Å². The van der Waals surface area contributed by atoms with Crippen LogP contribution in [0.3, 0.4) is 0 Å². The molecule has 1 atom stereocenters. The molecule has 1 unspecified atom stereocenters. The Morgan fingerprint density at radius 1 is 0.952 bits per heavy atom. The SMILES string of the molecule is COc1cc(OC)cc(OCC(N)c2ccccc2C)c1. The molecule has 0 radical (unpaired) electrons. The van der Waals surface area contributed by atoms with Crippen molar-refractivity contribution < 1.29 is 14.2 Å². The van der Waals surface area contributed by atoms with Crippen molar-refractivity contribution in [3.05, 3.63) is 53.6 Å². The van der Waals surface area contributed by atoms with Crippen molar-refractivity contribution in [2.24, 2.45) is 5.73 Å². The van der Waals surface area contributed by atoms with Crippen molar-refractivity contribution in [3.63, 3.8) is 0 Å². The highest BCUT2D eigenvalue weighted by atomic mass is 16.5.